The quantitative estimate of drug-likeness (QED) is 0.923. The van der Waals surface area contributed by atoms with Crippen LogP contribution in [0.1, 0.15) is 29.1 Å². The van der Waals surface area contributed by atoms with Crippen molar-refractivity contribution in [3.8, 4) is 0 Å². The van der Waals surface area contributed by atoms with E-state index in [0.717, 1.165) is 35.9 Å². The Bertz CT molecular complexity index is 740. The molecule has 5 nitrogen and oxygen atoms in total. The van der Waals surface area contributed by atoms with Crippen molar-refractivity contribution in [1.82, 2.24) is 9.97 Å². The maximum Gasteiger partial charge on any atom is 0.308 e. The fraction of sp³-hybridized carbons (Fsp3) is 0.533. The summed E-state index contributed by atoms with van der Waals surface area (Å²) < 4.78 is 0. The number of aliphatic carboxylic acids is 1. The van der Waals surface area contributed by atoms with Crippen molar-refractivity contribution in [1.29, 1.82) is 0 Å². The van der Waals surface area contributed by atoms with Gasteiger partial charge in [-0.05, 0) is 38.2 Å². The van der Waals surface area contributed by atoms with Crippen molar-refractivity contribution in [2.24, 2.45) is 5.92 Å². The first-order chi connectivity index (χ1) is 10.1. The summed E-state index contributed by atoms with van der Waals surface area (Å²) >= 11 is 1.79. The fourth-order valence-electron chi connectivity index (χ4n) is 3.46. The van der Waals surface area contributed by atoms with E-state index in [1.165, 1.54) is 22.2 Å². The Labute approximate surface area is 126 Å². The zero-order valence-electron chi connectivity index (χ0n) is 11.9. The third kappa shape index (κ3) is 2.00. The van der Waals surface area contributed by atoms with Gasteiger partial charge in [0.2, 0.25) is 0 Å². The Kier molecular flexibility index (Phi) is 2.89. The summed E-state index contributed by atoms with van der Waals surface area (Å²) in [4.78, 5) is 25.1. The number of carbonyl (C=O) groups is 1. The topological polar surface area (TPSA) is 66.3 Å². The Morgan fingerprint density at radius 1 is 1.38 bits per heavy atom. The molecular formula is C15H17N3O2S. The van der Waals surface area contributed by atoms with E-state index in [4.69, 9.17) is 0 Å². The highest BCUT2D eigenvalue weighted by molar-refractivity contribution is 7.19. The summed E-state index contributed by atoms with van der Waals surface area (Å²) in [6.45, 7) is 3.25. The fourth-order valence-corrected chi connectivity index (χ4v) is 4.76. The molecule has 0 aromatic carbocycles. The Balaban J connectivity index is 1.83. The predicted molar refractivity (Wildman–Crippen MR) is 82.1 cm³/mol. The van der Waals surface area contributed by atoms with Crippen LogP contribution in [0.5, 0.6) is 0 Å². The van der Waals surface area contributed by atoms with Gasteiger partial charge in [0.1, 0.15) is 16.5 Å². The van der Waals surface area contributed by atoms with Gasteiger partial charge < -0.3 is 10.0 Å². The van der Waals surface area contributed by atoms with Crippen molar-refractivity contribution in [3.05, 3.63) is 16.3 Å². The van der Waals surface area contributed by atoms with Gasteiger partial charge in [-0.15, -0.1) is 11.3 Å². The molecule has 21 heavy (non-hydrogen) atoms. The Morgan fingerprint density at radius 3 is 3.00 bits per heavy atom. The molecule has 1 aliphatic heterocycles. The first-order valence-corrected chi connectivity index (χ1v) is 8.22. The van der Waals surface area contributed by atoms with Crippen molar-refractivity contribution < 1.29 is 9.90 Å². The van der Waals surface area contributed by atoms with Crippen molar-refractivity contribution in [2.75, 3.05) is 18.0 Å². The van der Waals surface area contributed by atoms with Crippen molar-refractivity contribution >= 4 is 33.3 Å². The number of carboxylic acids is 1. The molecule has 1 unspecified atom stereocenters. The highest BCUT2D eigenvalue weighted by atomic mass is 32.1. The molecule has 0 radical (unpaired) electrons. The van der Waals surface area contributed by atoms with Gasteiger partial charge in [-0.3, -0.25) is 4.79 Å². The molecule has 3 heterocycles. The van der Waals surface area contributed by atoms with Gasteiger partial charge >= 0.3 is 5.97 Å². The van der Waals surface area contributed by atoms with E-state index in [0.29, 0.717) is 13.0 Å². The monoisotopic (exact) mass is 303 g/mol. The van der Waals surface area contributed by atoms with Gasteiger partial charge in [0.25, 0.3) is 0 Å². The van der Waals surface area contributed by atoms with Crippen molar-refractivity contribution in [2.45, 2.75) is 32.6 Å². The highest BCUT2D eigenvalue weighted by Gasteiger charge is 2.31. The van der Waals surface area contributed by atoms with Gasteiger partial charge in [-0.1, -0.05) is 0 Å². The largest absolute Gasteiger partial charge is 0.481 e. The minimum absolute atomic E-state index is 0.276. The molecule has 2 aromatic rings. The van der Waals surface area contributed by atoms with E-state index in [9.17, 15) is 9.90 Å². The molecule has 0 saturated carbocycles. The summed E-state index contributed by atoms with van der Waals surface area (Å²) in [7, 11) is 0. The lowest BCUT2D eigenvalue weighted by Gasteiger charge is -2.18. The molecular weight excluding hydrogens is 286 g/mol. The molecule has 1 saturated heterocycles. The number of thiophene rings is 1. The molecule has 6 heteroatoms. The van der Waals surface area contributed by atoms with E-state index in [1.807, 2.05) is 6.92 Å². The molecule has 2 aliphatic rings. The predicted octanol–water partition coefficient (Wildman–Crippen LogP) is 2.40. The third-order valence-electron chi connectivity index (χ3n) is 4.49. The number of nitrogens with zero attached hydrogens (tertiary/aromatic N) is 3. The van der Waals surface area contributed by atoms with Crippen LogP contribution in [0.3, 0.4) is 0 Å². The van der Waals surface area contributed by atoms with Crippen LogP contribution >= 0.6 is 11.3 Å². The lowest BCUT2D eigenvalue weighted by Crippen LogP contribution is -2.24. The number of anilines is 1. The lowest BCUT2D eigenvalue weighted by molar-refractivity contribution is -0.140. The third-order valence-corrected chi connectivity index (χ3v) is 5.68. The molecule has 1 aliphatic carbocycles. The average molecular weight is 303 g/mol. The number of aryl methyl sites for hydroxylation is 3. The van der Waals surface area contributed by atoms with E-state index in [1.54, 1.807) is 11.3 Å². The number of fused-ring (bicyclic) bond motifs is 3. The van der Waals surface area contributed by atoms with E-state index >= 15 is 0 Å². The van der Waals surface area contributed by atoms with Gasteiger partial charge in [-0.2, -0.15) is 0 Å². The second-order valence-corrected chi connectivity index (χ2v) is 6.99. The second-order valence-electron chi connectivity index (χ2n) is 5.90. The van der Waals surface area contributed by atoms with E-state index in [-0.39, 0.29) is 5.92 Å². The number of rotatable bonds is 2. The highest BCUT2D eigenvalue weighted by Crippen LogP contribution is 2.41. The number of carboxylic acid groups (broad SMARTS) is 1. The van der Waals surface area contributed by atoms with Crippen LogP contribution in [0.4, 0.5) is 5.82 Å². The number of hydrogen-bond donors (Lipinski definition) is 1. The number of aromatic nitrogens is 2. The molecule has 4 rings (SSSR count). The van der Waals surface area contributed by atoms with Gasteiger partial charge in [0.05, 0.1) is 11.3 Å². The zero-order valence-corrected chi connectivity index (χ0v) is 12.7. The van der Waals surface area contributed by atoms with E-state index in [2.05, 4.69) is 14.9 Å². The Hall–Kier alpha value is -1.69. The minimum Gasteiger partial charge on any atom is -0.481 e. The van der Waals surface area contributed by atoms with Crippen LogP contribution in [-0.4, -0.2) is 34.1 Å². The van der Waals surface area contributed by atoms with E-state index < -0.39 is 5.97 Å². The van der Waals surface area contributed by atoms with Crippen LogP contribution in [0.2, 0.25) is 0 Å². The molecule has 110 valence electrons. The molecule has 1 fully saturated rings. The van der Waals surface area contributed by atoms with Crippen LogP contribution in [0.25, 0.3) is 10.2 Å². The van der Waals surface area contributed by atoms with Gasteiger partial charge in [0, 0.05) is 18.0 Å². The smallest absolute Gasteiger partial charge is 0.308 e. The summed E-state index contributed by atoms with van der Waals surface area (Å²) in [6.07, 6.45) is 4.16. The van der Waals surface area contributed by atoms with Crippen LogP contribution in [0.15, 0.2) is 0 Å². The van der Waals surface area contributed by atoms with Crippen LogP contribution < -0.4 is 4.90 Å². The lowest BCUT2D eigenvalue weighted by atomic mass is 10.1. The first kappa shape index (κ1) is 13.0. The maximum atomic E-state index is 11.2. The normalized spacial score (nSPS) is 21.2. The standard InChI is InChI=1S/C15H17N3O2S/c1-8-16-13(18-6-5-9(7-18)15(19)20)12-10-3-2-4-11(10)21-14(12)17-8/h9H,2-7H2,1H3,(H,19,20). The second kappa shape index (κ2) is 4.66. The molecule has 1 atom stereocenters. The molecule has 1 N–H and O–H groups in total. The molecule has 2 aromatic heterocycles. The summed E-state index contributed by atoms with van der Waals surface area (Å²) in [5.41, 5.74) is 1.41. The molecule has 0 bridgehead atoms. The summed E-state index contributed by atoms with van der Waals surface area (Å²) in [5.74, 6) is 0.758. The minimum atomic E-state index is -0.699. The molecule has 0 amide bonds. The molecule has 0 spiro atoms. The summed E-state index contributed by atoms with van der Waals surface area (Å²) in [6, 6.07) is 0. The zero-order chi connectivity index (χ0) is 14.6. The van der Waals surface area contributed by atoms with Crippen LogP contribution in [0, 0.1) is 12.8 Å². The van der Waals surface area contributed by atoms with Gasteiger partial charge in [-0.25, -0.2) is 9.97 Å². The SMILES string of the molecule is Cc1nc(N2CCC(C(=O)O)C2)c2c3c(sc2n1)CCC3. The van der Waals surface area contributed by atoms with Gasteiger partial charge in [0.15, 0.2) is 0 Å². The maximum absolute atomic E-state index is 11.2. The van der Waals surface area contributed by atoms with Crippen molar-refractivity contribution in [3.63, 3.8) is 0 Å². The first-order valence-electron chi connectivity index (χ1n) is 7.40. The van der Waals surface area contributed by atoms with Crippen LogP contribution in [-0.2, 0) is 17.6 Å². The summed E-state index contributed by atoms with van der Waals surface area (Å²) in [5, 5.41) is 10.4. The number of hydrogen-bond acceptors (Lipinski definition) is 5. The average Bonchev–Trinajstić information content (AvgIpc) is 3.11. The Morgan fingerprint density at radius 2 is 2.24 bits per heavy atom.